The maximum absolute atomic E-state index is 5.33. The van der Waals surface area contributed by atoms with Gasteiger partial charge < -0.3 is 9.57 Å². The summed E-state index contributed by atoms with van der Waals surface area (Å²) in [6, 6.07) is 0. The lowest BCUT2D eigenvalue weighted by Gasteiger charge is -2.23. The van der Waals surface area contributed by atoms with Crippen LogP contribution in [0, 0.1) is 6.92 Å². The van der Waals surface area contributed by atoms with Crippen LogP contribution in [0.2, 0.25) is 0 Å². The van der Waals surface area contributed by atoms with E-state index in [1.54, 1.807) is 11.8 Å². The minimum Gasteiger partial charge on any atom is -0.481 e. The molecule has 86 valence electrons. The van der Waals surface area contributed by atoms with Crippen LogP contribution >= 0.6 is 0 Å². The molecule has 0 amide bonds. The fourth-order valence-electron chi connectivity index (χ4n) is 1.93. The summed E-state index contributed by atoms with van der Waals surface area (Å²) in [7, 11) is 3.49. The van der Waals surface area contributed by atoms with Gasteiger partial charge in [0.05, 0.1) is 19.4 Å². The van der Waals surface area contributed by atoms with Crippen molar-refractivity contribution >= 4 is 0 Å². The predicted molar refractivity (Wildman–Crippen MR) is 57.7 cm³/mol. The molecule has 0 radical (unpaired) electrons. The fourth-order valence-corrected chi connectivity index (χ4v) is 1.93. The Kier molecular flexibility index (Phi) is 3.36. The third kappa shape index (κ3) is 2.13. The largest absolute Gasteiger partial charge is 0.481 e. The van der Waals surface area contributed by atoms with E-state index in [4.69, 9.17) is 15.5 Å². The van der Waals surface area contributed by atoms with Gasteiger partial charge >= 0.3 is 0 Å². The molecule has 1 rings (SSSR count). The van der Waals surface area contributed by atoms with Crippen LogP contribution in [-0.2, 0) is 17.3 Å². The second-order valence-corrected chi connectivity index (χ2v) is 4.29. The van der Waals surface area contributed by atoms with Gasteiger partial charge in [0.1, 0.15) is 0 Å². The van der Waals surface area contributed by atoms with Gasteiger partial charge in [-0.25, -0.2) is 10.6 Å². The van der Waals surface area contributed by atoms with E-state index in [0.717, 1.165) is 17.1 Å². The van der Waals surface area contributed by atoms with Gasteiger partial charge in [-0.2, -0.15) is 5.10 Å². The van der Waals surface area contributed by atoms with Crippen LogP contribution in [-0.4, -0.2) is 23.5 Å². The van der Waals surface area contributed by atoms with E-state index in [9.17, 15) is 0 Å². The van der Waals surface area contributed by atoms with Crippen molar-refractivity contribution in [2.24, 2.45) is 12.9 Å². The van der Waals surface area contributed by atoms with Gasteiger partial charge in [0.2, 0.25) is 5.88 Å². The number of nitrogens with two attached hydrogens (primary N) is 1. The molecule has 15 heavy (non-hydrogen) atoms. The van der Waals surface area contributed by atoms with Crippen molar-refractivity contribution in [1.29, 1.82) is 0 Å². The maximum Gasteiger partial charge on any atom is 0.215 e. The molecule has 0 aliphatic rings. The Labute approximate surface area is 90.1 Å². The van der Waals surface area contributed by atoms with E-state index >= 15 is 0 Å². The minimum atomic E-state index is -0.210. The second kappa shape index (κ2) is 4.20. The average Bonchev–Trinajstić information content (AvgIpc) is 2.40. The number of hydrogen-bond donors (Lipinski definition) is 1. The topological polar surface area (TPSA) is 62.3 Å². The van der Waals surface area contributed by atoms with Crippen molar-refractivity contribution in [3.8, 4) is 5.88 Å². The molecule has 0 bridgehead atoms. The Hall–Kier alpha value is -1.07. The number of aryl methyl sites for hydroxylation is 2. The Morgan fingerprint density at radius 1 is 1.47 bits per heavy atom. The van der Waals surface area contributed by atoms with Crippen LogP contribution in [0.25, 0.3) is 0 Å². The number of ether oxygens (including phenoxy) is 1. The van der Waals surface area contributed by atoms with Gasteiger partial charge in [-0.3, -0.25) is 0 Å². The van der Waals surface area contributed by atoms with Gasteiger partial charge in [-0.15, -0.1) is 0 Å². The molecular formula is C10H19N3O2. The molecule has 0 saturated heterocycles. The smallest absolute Gasteiger partial charge is 0.215 e. The molecule has 5 heteroatoms. The van der Waals surface area contributed by atoms with Gasteiger partial charge in [-0.1, -0.05) is 13.8 Å². The van der Waals surface area contributed by atoms with Crippen LogP contribution in [0.1, 0.15) is 25.1 Å². The van der Waals surface area contributed by atoms with E-state index in [0.29, 0.717) is 6.61 Å². The summed E-state index contributed by atoms with van der Waals surface area (Å²) in [5, 5.41) is 4.33. The first-order valence-corrected chi connectivity index (χ1v) is 4.83. The van der Waals surface area contributed by atoms with Gasteiger partial charge in [-0.05, 0) is 6.92 Å². The summed E-state index contributed by atoms with van der Waals surface area (Å²) < 4.78 is 7.06. The zero-order chi connectivity index (χ0) is 11.6. The van der Waals surface area contributed by atoms with E-state index in [1.165, 1.54) is 0 Å². The van der Waals surface area contributed by atoms with Crippen LogP contribution in [0.3, 0.4) is 0 Å². The van der Waals surface area contributed by atoms with Crippen LogP contribution < -0.4 is 10.6 Å². The average molecular weight is 213 g/mol. The molecule has 2 N–H and O–H groups in total. The molecule has 0 atom stereocenters. The Balaban J connectivity index is 3.22. The molecule has 1 heterocycles. The number of hydrogen-bond acceptors (Lipinski definition) is 4. The molecule has 0 unspecified atom stereocenters. The lowest BCUT2D eigenvalue weighted by atomic mass is 9.85. The third-order valence-corrected chi connectivity index (χ3v) is 2.48. The molecule has 1 aromatic rings. The van der Waals surface area contributed by atoms with Crippen molar-refractivity contribution < 1.29 is 9.57 Å². The highest BCUT2D eigenvalue weighted by Crippen LogP contribution is 2.33. The SMILES string of the molecule is COc1c(C(C)(C)CON)c(C)nn1C. The molecule has 0 aliphatic heterocycles. The number of nitrogens with zero attached hydrogens (tertiary/aromatic N) is 2. The highest BCUT2D eigenvalue weighted by Gasteiger charge is 2.30. The maximum atomic E-state index is 5.33. The summed E-state index contributed by atoms with van der Waals surface area (Å²) >= 11 is 0. The van der Waals surface area contributed by atoms with Crippen molar-refractivity contribution in [3.05, 3.63) is 11.3 Å². The van der Waals surface area contributed by atoms with Gasteiger partial charge in [0.25, 0.3) is 0 Å². The molecule has 0 fully saturated rings. The first kappa shape index (κ1) is 12.0. The van der Waals surface area contributed by atoms with E-state index in [1.807, 2.05) is 27.8 Å². The number of methoxy groups -OCH3 is 1. The van der Waals surface area contributed by atoms with Crippen molar-refractivity contribution in [2.45, 2.75) is 26.2 Å². The normalized spacial score (nSPS) is 11.9. The van der Waals surface area contributed by atoms with E-state index < -0.39 is 0 Å². The monoisotopic (exact) mass is 213 g/mol. The second-order valence-electron chi connectivity index (χ2n) is 4.29. The standard InChI is InChI=1S/C10H19N3O2/c1-7-8(10(2,3)6-15-11)9(14-5)13(4)12-7/h6,11H2,1-5H3. The summed E-state index contributed by atoms with van der Waals surface area (Å²) in [6.07, 6.45) is 0. The lowest BCUT2D eigenvalue weighted by molar-refractivity contribution is 0.0950. The molecule has 5 nitrogen and oxygen atoms in total. The summed E-state index contributed by atoms with van der Waals surface area (Å²) in [6.45, 7) is 6.48. The Bertz CT molecular complexity index is 345. The lowest BCUT2D eigenvalue weighted by Crippen LogP contribution is -2.27. The summed E-state index contributed by atoms with van der Waals surface area (Å²) in [4.78, 5) is 4.73. The zero-order valence-electron chi connectivity index (χ0n) is 10.00. The molecule has 0 aliphatic carbocycles. The number of aromatic nitrogens is 2. The van der Waals surface area contributed by atoms with Crippen molar-refractivity contribution in [3.63, 3.8) is 0 Å². The van der Waals surface area contributed by atoms with Crippen LogP contribution in [0.15, 0.2) is 0 Å². The first-order valence-electron chi connectivity index (χ1n) is 4.83. The van der Waals surface area contributed by atoms with Crippen molar-refractivity contribution in [2.75, 3.05) is 13.7 Å². The highest BCUT2D eigenvalue weighted by molar-refractivity contribution is 5.37. The quantitative estimate of drug-likeness (QED) is 0.755. The molecule has 1 aromatic heterocycles. The highest BCUT2D eigenvalue weighted by atomic mass is 16.6. The molecule has 0 saturated carbocycles. The van der Waals surface area contributed by atoms with Gasteiger partial charge in [0, 0.05) is 18.0 Å². The molecule has 0 aromatic carbocycles. The summed E-state index contributed by atoms with van der Waals surface area (Å²) in [5.74, 6) is 5.89. The predicted octanol–water partition coefficient (Wildman–Crippen LogP) is 0.905. The van der Waals surface area contributed by atoms with E-state index in [2.05, 4.69) is 5.10 Å². The number of rotatable bonds is 4. The summed E-state index contributed by atoms with van der Waals surface area (Å²) in [5.41, 5.74) is 1.77. The van der Waals surface area contributed by atoms with Gasteiger partial charge in [0.15, 0.2) is 0 Å². The van der Waals surface area contributed by atoms with E-state index in [-0.39, 0.29) is 5.41 Å². The zero-order valence-corrected chi connectivity index (χ0v) is 10.00. The van der Waals surface area contributed by atoms with Crippen LogP contribution in [0.5, 0.6) is 5.88 Å². The fraction of sp³-hybridized carbons (Fsp3) is 0.700. The van der Waals surface area contributed by atoms with Crippen LogP contribution in [0.4, 0.5) is 0 Å². The Morgan fingerprint density at radius 2 is 2.07 bits per heavy atom. The Morgan fingerprint density at radius 3 is 2.53 bits per heavy atom. The molecule has 0 spiro atoms. The minimum absolute atomic E-state index is 0.210. The third-order valence-electron chi connectivity index (χ3n) is 2.48. The van der Waals surface area contributed by atoms with Crippen molar-refractivity contribution in [1.82, 2.24) is 9.78 Å². The first-order chi connectivity index (χ1) is 6.94. The molecular weight excluding hydrogens is 194 g/mol.